The zero-order valence-electron chi connectivity index (χ0n) is 13.7. The largest absolute Gasteiger partial charge is 0.507 e. The van der Waals surface area contributed by atoms with Crippen molar-refractivity contribution in [3.8, 4) is 5.75 Å². The summed E-state index contributed by atoms with van der Waals surface area (Å²) in [4.78, 5) is 12.3. The maximum Gasteiger partial charge on any atom is 0.171 e. The Morgan fingerprint density at radius 2 is 2.00 bits per heavy atom. The Bertz CT molecular complexity index is 728. The normalized spacial score (nSPS) is 16.7. The molecule has 24 heavy (non-hydrogen) atoms. The van der Waals surface area contributed by atoms with E-state index in [1.54, 1.807) is 42.5 Å². The van der Waals surface area contributed by atoms with Gasteiger partial charge in [0.05, 0.1) is 17.9 Å². The molecule has 0 spiro atoms. The number of nitrogens with zero attached hydrogens (tertiary/aromatic N) is 1. The number of hydrogen-bond donors (Lipinski definition) is 3. The Hall–Kier alpha value is -2.92. The number of rotatable bonds is 3. The third-order valence-corrected chi connectivity index (χ3v) is 3.29. The van der Waals surface area contributed by atoms with Crippen LogP contribution in [-0.2, 0) is 6.61 Å². The molecule has 0 aliphatic heterocycles. The Balaban J connectivity index is 0.000000891. The fourth-order valence-electron chi connectivity index (χ4n) is 2.30. The van der Waals surface area contributed by atoms with Crippen molar-refractivity contribution in [3.05, 3.63) is 77.9 Å². The number of hydrazone groups is 1. The van der Waals surface area contributed by atoms with Crippen LogP contribution in [0.15, 0.2) is 66.3 Å². The van der Waals surface area contributed by atoms with Crippen molar-refractivity contribution in [2.45, 2.75) is 20.0 Å². The van der Waals surface area contributed by atoms with E-state index in [9.17, 15) is 9.90 Å². The van der Waals surface area contributed by atoms with E-state index in [2.05, 4.69) is 18.3 Å². The molecule has 2 rings (SSSR count). The number of fused-ring (bicyclic) bond motifs is 1. The highest BCUT2D eigenvalue weighted by molar-refractivity contribution is 6.25. The summed E-state index contributed by atoms with van der Waals surface area (Å²) in [6.45, 7) is 8.48. The number of allylic oxidation sites excluding steroid dienone is 6. The van der Waals surface area contributed by atoms with E-state index in [-0.39, 0.29) is 30.1 Å². The molecule has 0 radical (unpaired) electrons. The lowest BCUT2D eigenvalue weighted by atomic mass is 9.83. The number of ketones is 1. The van der Waals surface area contributed by atoms with E-state index in [4.69, 9.17) is 10.9 Å². The predicted molar refractivity (Wildman–Crippen MR) is 97.0 cm³/mol. The van der Waals surface area contributed by atoms with E-state index in [0.29, 0.717) is 22.4 Å². The molecule has 5 heteroatoms. The Morgan fingerprint density at radius 3 is 2.54 bits per heavy atom. The first-order valence-electron chi connectivity index (χ1n) is 7.38. The van der Waals surface area contributed by atoms with Gasteiger partial charge in [-0.05, 0) is 12.5 Å². The van der Waals surface area contributed by atoms with Crippen molar-refractivity contribution in [2.75, 3.05) is 0 Å². The van der Waals surface area contributed by atoms with Crippen molar-refractivity contribution < 1.29 is 15.0 Å². The first-order valence-corrected chi connectivity index (χ1v) is 7.38. The van der Waals surface area contributed by atoms with Crippen molar-refractivity contribution >= 4 is 11.5 Å². The third-order valence-electron chi connectivity index (χ3n) is 3.29. The number of aliphatic hydroxyl groups is 1. The molecule has 0 bridgehead atoms. The summed E-state index contributed by atoms with van der Waals surface area (Å²) in [6, 6.07) is 3.18. The quantitative estimate of drug-likeness (QED) is 0.344. The van der Waals surface area contributed by atoms with Crippen LogP contribution in [0.5, 0.6) is 5.75 Å². The molecule has 1 aromatic rings. The summed E-state index contributed by atoms with van der Waals surface area (Å²) in [7, 11) is 0. The van der Waals surface area contributed by atoms with Gasteiger partial charge < -0.3 is 16.1 Å². The summed E-state index contributed by atoms with van der Waals surface area (Å²) < 4.78 is 0. The second-order valence-electron chi connectivity index (χ2n) is 4.95. The van der Waals surface area contributed by atoms with E-state index in [0.717, 1.165) is 0 Å². The minimum Gasteiger partial charge on any atom is -0.507 e. The number of carbonyl (C=O) groups excluding carboxylic acids is 1. The molecule has 1 aliphatic rings. The van der Waals surface area contributed by atoms with E-state index >= 15 is 0 Å². The van der Waals surface area contributed by atoms with Gasteiger partial charge in [-0.3, -0.25) is 4.79 Å². The zero-order valence-corrected chi connectivity index (χ0v) is 13.7. The highest BCUT2D eigenvalue weighted by Gasteiger charge is 2.29. The Kier molecular flexibility index (Phi) is 7.39. The van der Waals surface area contributed by atoms with Gasteiger partial charge in [0.25, 0.3) is 0 Å². The number of Topliss-reactive ketones (excluding diaryl/α,β-unsaturated/α-hetero) is 1. The van der Waals surface area contributed by atoms with Crippen LogP contribution in [0.3, 0.4) is 0 Å². The number of carbonyl (C=O) groups is 1. The molecular formula is C19H22N2O3. The first kappa shape index (κ1) is 19.1. The molecule has 5 nitrogen and oxygen atoms in total. The van der Waals surface area contributed by atoms with Crippen molar-refractivity contribution in [3.63, 3.8) is 0 Å². The van der Waals surface area contributed by atoms with Crippen LogP contribution >= 0.6 is 0 Å². The fraction of sp³-hybridized carbons (Fsp3) is 0.158. The monoisotopic (exact) mass is 326 g/mol. The van der Waals surface area contributed by atoms with Crippen LogP contribution in [-0.4, -0.2) is 21.7 Å². The summed E-state index contributed by atoms with van der Waals surface area (Å²) in [5, 5.41) is 23.0. The lowest BCUT2D eigenvalue weighted by molar-refractivity contribution is 0.0989. The van der Waals surface area contributed by atoms with Gasteiger partial charge in [0, 0.05) is 17.5 Å². The summed E-state index contributed by atoms with van der Waals surface area (Å²) in [5.41, 5.74) is 2.07. The topological polar surface area (TPSA) is 95.9 Å². The van der Waals surface area contributed by atoms with Gasteiger partial charge in [0.1, 0.15) is 5.75 Å². The predicted octanol–water partition coefficient (Wildman–Crippen LogP) is 2.99. The molecule has 0 amide bonds. The van der Waals surface area contributed by atoms with Crippen LogP contribution in [0.2, 0.25) is 0 Å². The van der Waals surface area contributed by atoms with Gasteiger partial charge in [0.2, 0.25) is 0 Å². The van der Waals surface area contributed by atoms with Gasteiger partial charge >= 0.3 is 0 Å². The average molecular weight is 326 g/mol. The van der Waals surface area contributed by atoms with Gasteiger partial charge in [-0.15, -0.1) is 6.58 Å². The van der Waals surface area contributed by atoms with Crippen molar-refractivity contribution in [1.29, 1.82) is 0 Å². The molecular weight excluding hydrogens is 304 g/mol. The number of hydrogen-bond acceptors (Lipinski definition) is 5. The molecule has 0 saturated carbocycles. The van der Waals surface area contributed by atoms with Crippen LogP contribution < -0.4 is 5.84 Å². The van der Waals surface area contributed by atoms with E-state index in [1.165, 1.54) is 0 Å². The molecule has 4 N–H and O–H groups in total. The van der Waals surface area contributed by atoms with Crippen LogP contribution in [0, 0.1) is 0 Å². The van der Waals surface area contributed by atoms with Crippen LogP contribution in [0.1, 0.15) is 34.8 Å². The number of aliphatic hydroxyl groups excluding tert-OH is 1. The fourth-order valence-corrected chi connectivity index (χ4v) is 2.30. The zero-order chi connectivity index (χ0) is 18.1. The first-order chi connectivity index (χ1) is 11.5. The number of nitrogens with two attached hydrogens (primary N) is 1. The molecule has 0 atom stereocenters. The highest BCUT2D eigenvalue weighted by Crippen LogP contribution is 2.34. The van der Waals surface area contributed by atoms with E-state index in [1.807, 2.05) is 6.92 Å². The maximum atomic E-state index is 12.3. The molecule has 0 fully saturated rings. The molecule has 1 aromatic carbocycles. The minimum atomic E-state index is -0.341. The number of aromatic hydroxyl groups is 1. The smallest absolute Gasteiger partial charge is 0.171 e. The summed E-state index contributed by atoms with van der Waals surface area (Å²) in [5.74, 6) is 5.00. The van der Waals surface area contributed by atoms with Crippen LogP contribution in [0.25, 0.3) is 0 Å². The lowest BCUT2D eigenvalue weighted by Gasteiger charge is -2.21. The molecule has 0 heterocycles. The Labute approximate surface area is 141 Å². The second-order valence-corrected chi connectivity index (χ2v) is 4.95. The second kappa shape index (κ2) is 9.27. The van der Waals surface area contributed by atoms with Crippen LogP contribution in [0.4, 0.5) is 0 Å². The minimum absolute atomic E-state index is 0.0902. The van der Waals surface area contributed by atoms with Crippen molar-refractivity contribution in [1.82, 2.24) is 0 Å². The maximum absolute atomic E-state index is 12.3. The average Bonchev–Trinajstić information content (AvgIpc) is 2.56. The molecule has 1 aliphatic carbocycles. The summed E-state index contributed by atoms with van der Waals surface area (Å²) in [6.07, 6.45) is 8.67. The van der Waals surface area contributed by atoms with Gasteiger partial charge in [-0.1, -0.05) is 49.1 Å². The van der Waals surface area contributed by atoms with Gasteiger partial charge in [-0.2, -0.15) is 5.10 Å². The standard InChI is InChI=1S/C16H16N2O3.C3H6/c1-2-3-4-5-10-8-13(20)14-12(15(10)18-17)7-6-11(9-19)16(14)21;1-3-2/h2-7,19,21H,1,8-9,17H2;3H,1H2,2H3/b4-3-,10-5+,18-15-;. The molecule has 0 unspecified atom stereocenters. The molecule has 0 aromatic heterocycles. The highest BCUT2D eigenvalue weighted by atomic mass is 16.3. The Morgan fingerprint density at radius 1 is 1.33 bits per heavy atom. The van der Waals surface area contributed by atoms with Gasteiger partial charge in [0.15, 0.2) is 5.78 Å². The summed E-state index contributed by atoms with van der Waals surface area (Å²) >= 11 is 0. The molecule has 126 valence electrons. The molecule has 0 saturated heterocycles. The lowest BCUT2D eigenvalue weighted by Crippen LogP contribution is -2.22. The van der Waals surface area contributed by atoms with Gasteiger partial charge in [-0.25, -0.2) is 0 Å². The third kappa shape index (κ3) is 4.08. The van der Waals surface area contributed by atoms with Crippen molar-refractivity contribution in [2.24, 2.45) is 10.9 Å². The SMILES string of the molecule is C=CC.C=C\C=C/C=C1\CC(=O)c2c(ccc(CO)c2O)\C1=N/N. The number of benzene rings is 1. The van der Waals surface area contributed by atoms with E-state index < -0.39 is 0 Å². The number of phenols is 1.